The van der Waals surface area contributed by atoms with Gasteiger partial charge in [-0.15, -0.1) is 11.3 Å². The Hall–Kier alpha value is -1.58. The minimum Gasteiger partial charge on any atom is -0.368 e. The van der Waals surface area contributed by atoms with Gasteiger partial charge in [-0.3, -0.25) is 0 Å². The average molecular weight is 348 g/mol. The molecule has 1 aromatic carbocycles. The zero-order valence-corrected chi connectivity index (χ0v) is 12.6. The van der Waals surface area contributed by atoms with Crippen LogP contribution in [-0.2, 0) is 22.6 Å². The first-order valence-electron chi connectivity index (χ1n) is 6.28. The molecule has 4 nitrogen and oxygen atoms in total. The van der Waals surface area contributed by atoms with Crippen molar-refractivity contribution in [3.8, 4) is 0 Å². The van der Waals surface area contributed by atoms with Gasteiger partial charge in [0.15, 0.2) is 0 Å². The van der Waals surface area contributed by atoms with Crippen LogP contribution in [0.25, 0.3) is 0 Å². The molecule has 1 aliphatic rings. The van der Waals surface area contributed by atoms with Crippen LogP contribution in [0.15, 0.2) is 40.6 Å². The topological polar surface area (TPSA) is 58.2 Å². The van der Waals surface area contributed by atoms with Crippen molar-refractivity contribution < 1.29 is 21.6 Å². The van der Waals surface area contributed by atoms with Crippen molar-refractivity contribution in [1.29, 1.82) is 0 Å². The number of sulfonamides is 1. The molecule has 0 amide bonds. The largest absolute Gasteiger partial charge is 0.416 e. The fourth-order valence-electron chi connectivity index (χ4n) is 2.24. The first-order chi connectivity index (χ1) is 10.3. The van der Waals surface area contributed by atoms with Crippen LogP contribution in [0.1, 0.15) is 10.4 Å². The summed E-state index contributed by atoms with van der Waals surface area (Å²) in [6, 6.07) is 6.22. The van der Waals surface area contributed by atoms with Crippen LogP contribution in [0.3, 0.4) is 0 Å². The van der Waals surface area contributed by atoms with Crippen molar-refractivity contribution in [2.24, 2.45) is 0 Å². The van der Waals surface area contributed by atoms with E-state index in [4.69, 9.17) is 0 Å². The molecule has 118 valence electrons. The SMILES string of the molecule is O=S1(=O)NC(Cc2cccs2)Nc2cc(C(F)(F)F)ccc21. The van der Waals surface area contributed by atoms with E-state index in [1.54, 1.807) is 0 Å². The van der Waals surface area contributed by atoms with E-state index in [0.29, 0.717) is 6.42 Å². The third-order valence-corrected chi connectivity index (χ3v) is 5.64. The normalized spacial score (nSPS) is 20.2. The Bertz CT molecular complexity index is 786. The van der Waals surface area contributed by atoms with E-state index in [9.17, 15) is 21.6 Å². The maximum Gasteiger partial charge on any atom is 0.416 e. The summed E-state index contributed by atoms with van der Waals surface area (Å²) in [6.07, 6.45) is -4.85. The molecule has 0 saturated heterocycles. The van der Waals surface area contributed by atoms with Gasteiger partial charge in [0.05, 0.1) is 17.4 Å². The summed E-state index contributed by atoms with van der Waals surface area (Å²) < 4.78 is 65.0. The fourth-order valence-corrected chi connectivity index (χ4v) is 4.29. The lowest BCUT2D eigenvalue weighted by molar-refractivity contribution is -0.137. The number of benzene rings is 1. The maximum absolute atomic E-state index is 12.8. The van der Waals surface area contributed by atoms with Crippen molar-refractivity contribution in [3.63, 3.8) is 0 Å². The Morgan fingerprint density at radius 1 is 1.23 bits per heavy atom. The Kier molecular flexibility index (Phi) is 3.66. The number of hydrogen-bond donors (Lipinski definition) is 2. The molecule has 3 rings (SSSR count). The molecule has 1 aromatic heterocycles. The van der Waals surface area contributed by atoms with Crippen molar-refractivity contribution in [2.75, 3.05) is 5.32 Å². The maximum atomic E-state index is 12.8. The first-order valence-corrected chi connectivity index (χ1v) is 8.64. The standard InChI is InChI=1S/C13H11F3N2O2S2/c14-13(15,16)8-3-4-11-10(6-8)17-12(18-22(11,19)20)7-9-2-1-5-21-9/h1-6,12,17-18H,7H2. The lowest BCUT2D eigenvalue weighted by Crippen LogP contribution is -2.45. The molecule has 1 aliphatic heterocycles. The van der Waals surface area contributed by atoms with Crippen molar-refractivity contribution in [3.05, 3.63) is 46.2 Å². The van der Waals surface area contributed by atoms with Gasteiger partial charge >= 0.3 is 6.18 Å². The van der Waals surface area contributed by atoms with E-state index in [1.807, 2.05) is 17.5 Å². The minimum atomic E-state index is -4.52. The van der Waals surface area contributed by atoms with Crippen LogP contribution in [0.4, 0.5) is 18.9 Å². The van der Waals surface area contributed by atoms with Crippen molar-refractivity contribution >= 4 is 27.0 Å². The predicted octanol–water partition coefficient (Wildman–Crippen LogP) is 3.04. The highest BCUT2D eigenvalue weighted by Crippen LogP contribution is 2.35. The van der Waals surface area contributed by atoms with Gasteiger partial charge in [-0.25, -0.2) is 8.42 Å². The van der Waals surface area contributed by atoms with Gasteiger partial charge in [-0.05, 0) is 29.6 Å². The molecular weight excluding hydrogens is 337 g/mol. The number of alkyl halides is 3. The molecule has 0 radical (unpaired) electrons. The molecule has 9 heteroatoms. The second kappa shape index (κ2) is 5.25. The predicted molar refractivity (Wildman–Crippen MR) is 77.2 cm³/mol. The molecule has 2 N–H and O–H groups in total. The minimum absolute atomic E-state index is 0.0323. The summed E-state index contributed by atoms with van der Waals surface area (Å²) in [7, 11) is -3.83. The molecule has 22 heavy (non-hydrogen) atoms. The number of fused-ring (bicyclic) bond motifs is 1. The molecular formula is C13H11F3N2O2S2. The van der Waals surface area contributed by atoms with E-state index in [1.165, 1.54) is 11.3 Å². The van der Waals surface area contributed by atoms with Gasteiger partial charge in [0.1, 0.15) is 4.90 Å². The van der Waals surface area contributed by atoms with Crippen LogP contribution < -0.4 is 10.0 Å². The Balaban J connectivity index is 1.96. The molecule has 1 unspecified atom stereocenters. The van der Waals surface area contributed by atoms with Crippen LogP contribution in [0.2, 0.25) is 0 Å². The zero-order chi connectivity index (χ0) is 16.0. The molecule has 0 saturated carbocycles. The second-order valence-electron chi connectivity index (χ2n) is 4.81. The number of halogens is 3. The van der Waals surface area contributed by atoms with Crippen LogP contribution >= 0.6 is 11.3 Å². The average Bonchev–Trinajstić information content (AvgIpc) is 2.89. The highest BCUT2D eigenvalue weighted by molar-refractivity contribution is 7.89. The van der Waals surface area contributed by atoms with Crippen molar-refractivity contribution in [1.82, 2.24) is 4.72 Å². The molecule has 2 aromatic rings. The molecule has 0 aliphatic carbocycles. The monoisotopic (exact) mass is 348 g/mol. The highest BCUT2D eigenvalue weighted by atomic mass is 32.2. The zero-order valence-electron chi connectivity index (χ0n) is 11.0. The number of anilines is 1. The van der Waals surface area contributed by atoms with Gasteiger partial charge in [0, 0.05) is 11.3 Å². The summed E-state index contributed by atoms with van der Waals surface area (Å²) >= 11 is 1.45. The fraction of sp³-hybridized carbons (Fsp3) is 0.231. The summed E-state index contributed by atoms with van der Waals surface area (Å²) in [5, 5.41) is 4.67. The summed E-state index contributed by atoms with van der Waals surface area (Å²) in [5.74, 6) is 0. The molecule has 0 bridgehead atoms. The van der Waals surface area contributed by atoms with Gasteiger partial charge < -0.3 is 5.32 Å². The quantitative estimate of drug-likeness (QED) is 0.877. The summed E-state index contributed by atoms with van der Waals surface area (Å²) in [5.41, 5.74) is -0.916. The van der Waals surface area contributed by atoms with E-state index in [0.717, 1.165) is 23.1 Å². The van der Waals surface area contributed by atoms with Crippen molar-refractivity contribution in [2.45, 2.75) is 23.7 Å². The van der Waals surface area contributed by atoms with Gasteiger partial charge in [-0.2, -0.15) is 17.9 Å². The van der Waals surface area contributed by atoms with Gasteiger partial charge in [-0.1, -0.05) is 6.07 Å². The van der Waals surface area contributed by atoms with E-state index >= 15 is 0 Å². The van der Waals surface area contributed by atoms with E-state index < -0.39 is 27.9 Å². The molecule has 0 spiro atoms. The lowest BCUT2D eigenvalue weighted by atomic mass is 10.2. The number of thiophene rings is 1. The number of rotatable bonds is 2. The lowest BCUT2D eigenvalue weighted by Gasteiger charge is -2.28. The molecule has 1 atom stereocenters. The Morgan fingerprint density at radius 3 is 2.64 bits per heavy atom. The third kappa shape index (κ3) is 2.96. The van der Waals surface area contributed by atoms with Gasteiger partial charge in [0.2, 0.25) is 10.0 Å². The second-order valence-corrected chi connectivity index (χ2v) is 7.53. The Labute approximate surface area is 129 Å². The Morgan fingerprint density at radius 2 is 2.00 bits per heavy atom. The van der Waals surface area contributed by atoms with E-state index in [2.05, 4.69) is 10.0 Å². The third-order valence-electron chi connectivity index (χ3n) is 3.21. The molecule has 2 heterocycles. The van der Waals surface area contributed by atoms with Crippen LogP contribution in [-0.4, -0.2) is 14.6 Å². The van der Waals surface area contributed by atoms with Crippen LogP contribution in [0, 0.1) is 0 Å². The van der Waals surface area contributed by atoms with Crippen LogP contribution in [0.5, 0.6) is 0 Å². The number of hydrogen-bond acceptors (Lipinski definition) is 4. The summed E-state index contributed by atoms with van der Waals surface area (Å²) in [6.45, 7) is 0. The number of nitrogens with one attached hydrogen (secondary N) is 2. The smallest absolute Gasteiger partial charge is 0.368 e. The highest BCUT2D eigenvalue weighted by Gasteiger charge is 2.35. The van der Waals surface area contributed by atoms with E-state index in [-0.39, 0.29) is 10.6 Å². The first kappa shape index (κ1) is 15.3. The molecule has 0 fully saturated rings. The van der Waals surface area contributed by atoms with Gasteiger partial charge in [0.25, 0.3) is 0 Å². The summed E-state index contributed by atoms with van der Waals surface area (Å²) in [4.78, 5) is 0.749.